The number of hydrogen-bond donors (Lipinski definition) is 9. The maximum atomic E-state index is 14.4. The van der Waals surface area contributed by atoms with Gasteiger partial charge >= 0.3 is 27.7 Å². The number of carbonyl (C=O) groups excluding carboxylic acids is 4. The van der Waals surface area contributed by atoms with Crippen LogP contribution in [-0.4, -0.2) is 155 Å². The van der Waals surface area contributed by atoms with Crippen molar-refractivity contribution < 1.29 is 90.1 Å². The molecule has 32 heteroatoms. The second-order valence-corrected chi connectivity index (χ2v) is 20.6. The fourth-order valence-electron chi connectivity index (χ4n) is 8.37. The highest BCUT2D eigenvalue weighted by Gasteiger charge is 2.54. The van der Waals surface area contributed by atoms with E-state index in [1.54, 1.807) is 55.4 Å². The highest BCUT2D eigenvalue weighted by Crippen LogP contribution is 2.50. The number of nitrogens with zero attached hydrogens (tertiary/aromatic N) is 7. The minimum absolute atomic E-state index is 0.00936. The number of fused-ring (bicyclic) bond motifs is 1. The third-order valence-corrected chi connectivity index (χ3v) is 13.7. The largest absolute Gasteiger partial charge is 0.472 e. The lowest BCUT2D eigenvalue weighted by Crippen LogP contribution is -2.47. The van der Waals surface area contributed by atoms with Gasteiger partial charge in [0.2, 0.25) is 5.91 Å². The summed E-state index contributed by atoms with van der Waals surface area (Å²) in [5, 5.41) is 28.4. The molecular formula is C46H52FN11O18P2. The molecule has 29 nitrogen and oxygen atoms in total. The molecule has 0 bridgehead atoms. The number of rotatable bonds is 21. The van der Waals surface area contributed by atoms with Gasteiger partial charge in [-0.2, -0.15) is 4.99 Å². The molecule has 8 rings (SSSR count). The number of aromatic nitrogens is 5. The van der Waals surface area contributed by atoms with Crippen molar-refractivity contribution in [2.24, 2.45) is 16.6 Å². The normalized spacial score (nSPS) is 24.3. The number of ether oxygens (including phenoxy) is 4. The Morgan fingerprint density at radius 3 is 2.24 bits per heavy atom. The van der Waals surface area contributed by atoms with Crippen LogP contribution >= 0.6 is 15.6 Å². The molecule has 0 aliphatic carbocycles. The fraction of sp³-hybridized carbons (Fsp3) is 0.370. The highest BCUT2D eigenvalue weighted by molar-refractivity contribution is 7.47. The summed E-state index contributed by atoms with van der Waals surface area (Å²) >= 11 is 0. The Morgan fingerprint density at radius 1 is 0.872 bits per heavy atom. The van der Waals surface area contributed by atoms with Crippen LogP contribution in [0.2, 0.25) is 0 Å². The zero-order chi connectivity index (χ0) is 56.1. The SMILES string of the molecule is CN(C)c1ccc(CC(NC(=O)OCc2ccc(NC(=O)Cc3ccc(F)cc3)cc2)C(=O)O[C@H]2[C@@H](O)[C@H](n3cnc4c(N)ncnc43)O[C@@H]2COP(=O)(O)O[C@H]2[C@@H](O)[C@H](C3C=CC(N)=NC3=O)O[C@@H]2COP(=O)(O)O)cn1. The Hall–Kier alpha value is -7.18. The van der Waals surface area contributed by atoms with Gasteiger partial charge in [0.15, 0.2) is 23.8 Å². The lowest BCUT2D eigenvalue weighted by molar-refractivity contribution is -0.159. The number of anilines is 3. The van der Waals surface area contributed by atoms with Gasteiger partial charge in [-0.3, -0.25) is 27.7 Å². The van der Waals surface area contributed by atoms with Gasteiger partial charge in [0.1, 0.15) is 78.6 Å². The van der Waals surface area contributed by atoms with Gasteiger partial charge in [-0.05, 0) is 53.1 Å². The first kappa shape index (κ1) is 57.0. The number of nitrogens with two attached hydrogens (primary N) is 2. The molecule has 5 aromatic rings. The minimum Gasteiger partial charge on any atom is -0.455 e. The van der Waals surface area contributed by atoms with E-state index in [1.807, 2.05) is 0 Å². The van der Waals surface area contributed by atoms with Crippen molar-refractivity contribution in [1.82, 2.24) is 29.8 Å². The summed E-state index contributed by atoms with van der Waals surface area (Å²) in [7, 11) is -7.19. The van der Waals surface area contributed by atoms with Crippen LogP contribution in [-0.2, 0) is 75.5 Å². The van der Waals surface area contributed by atoms with Crippen molar-refractivity contribution in [3.05, 3.63) is 114 Å². The number of imidazole rings is 1. The molecule has 11 N–H and O–H groups in total. The predicted molar refractivity (Wildman–Crippen MR) is 267 cm³/mol. The van der Waals surface area contributed by atoms with Crippen LogP contribution in [0.15, 0.2) is 96.7 Å². The average Bonchev–Trinajstić information content (AvgIpc) is 4.08. The number of aliphatic hydroxyl groups excluding tert-OH is 2. The molecule has 2 saturated heterocycles. The summed E-state index contributed by atoms with van der Waals surface area (Å²) in [6, 6.07) is 13.5. The molecule has 3 aromatic heterocycles. The first-order valence-corrected chi connectivity index (χ1v) is 26.4. The third kappa shape index (κ3) is 14.3. The summed E-state index contributed by atoms with van der Waals surface area (Å²) in [6.45, 7) is -2.38. The monoisotopic (exact) mass is 1130 g/mol. The number of amides is 3. The van der Waals surface area contributed by atoms with Gasteiger partial charge in [0.05, 0.1) is 31.9 Å². The number of phosphoric acid groups is 2. The molecule has 3 aliphatic rings. The molecule has 3 aliphatic heterocycles. The molecule has 2 fully saturated rings. The van der Waals surface area contributed by atoms with Gasteiger partial charge in [0, 0.05) is 32.4 Å². The van der Waals surface area contributed by atoms with Gasteiger partial charge < -0.3 is 70.8 Å². The number of amidine groups is 1. The maximum absolute atomic E-state index is 14.4. The first-order valence-electron chi connectivity index (χ1n) is 23.4. The number of hydrogen-bond acceptors (Lipinski definition) is 22. The second-order valence-electron chi connectivity index (χ2n) is 18.0. The first-order chi connectivity index (χ1) is 37.0. The average molecular weight is 1130 g/mol. The van der Waals surface area contributed by atoms with E-state index in [0.717, 1.165) is 6.33 Å². The zero-order valence-corrected chi connectivity index (χ0v) is 42.9. The number of dihydropyridines is 1. The van der Waals surface area contributed by atoms with Crippen molar-refractivity contribution in [3.8, 4) is 0 Å². The van der Waals surface area contributed by atoms with Crippen molar-refractivity contribution in [1.29, 1.82) is 0 Å². The molecule has 6 heterocycles. The quantitative estimate of drug-likeness (QED) is 0.0361. The Balaban J connectivity index is 0.991. The number of nitrogen functional groups attached to an aromatic ring is 1. The van der Waals surface area contributed by atoms with Crippen LogP contribution in [0, 0.1) is 11.7 Å². The molecule has 0 radical (unpaired) electrons. The van der Waals surface area contributed by atoms with Gasteiger partial charge in [-0.25, -0.2) is 43.0 Å². The van der Waals surface area contributed by atoms with E-state index in [-0.39, 0.29) is 48.2 Å². The lowest BCUT2D eigenvalue weighted by Gasteiger charge is -2.26. The van der Waals surface area contributed by atoms with Crippen LogP contribution < -0.4 is 27.0 Å². The van der Waals surface area contributed by atoms with E-state index in [4.69, 9.17) is 39.5 Å². The van der Waals surface area contributed by atoms with Crippen LogP contribution in [0.5, 0.6) is 0 Å². The standard InChI is InChI=1S/C46H52FN11O18P2/c1-57(2)33-14-7-25(17-50-33)15-29(55-46(64)70-18-24-5-10-27(11-6-24)54-34(59)16-23-3-8-26(47)9-4-23)45(63)75-39-30(74-44(37(39)61)58-22-53-35-41(49)51-21-52-42(35)58)20-72-78(68,69)76-40-31(19-71-77(65,66)67)73-38(36(40)60)28-12-13-32(48)56-43(28)62/h3-14,17,21-22,28-31,36-40,44,60-61H,15-16,18-20H2,1-2H3,(H,54,59)(H,55,64)(H,68,69)(H2,48,56,62)(H2,49,51,52)(H2,65,66,67)/t28?,29?,30-,31-,36+,37-,38+,39-,40-,44-/m1/s1. The Bertz CT molecular complexity index is 3150. The fourth-order valence-corrected chi connectivity index (χ4v) is 9.67. The number of esters is 1. The Kier molecular flexibility index (Phi) is 17.7. The molecule has 78 heavy (non-hydrogen) atoms. The van der Waals surface area contributed by atoms with E-state index in [9.17, 15) is 57.6 Å². The topological polar surface area (TPSA) is 416 Å². The number of nitrogens with one attached hydrogen (secondary N) is 2. The molecule has 3 amide bonds. The van der Waals surface area contributed by atoms with Crippen molar-refractivity contribution in [2.75, 3.05) is 43.3 Å². The highest BCUT2D eigenvalue weighted by atomic mass is 31.2. The molecule has 0 spiro atoms. The van der Waals surface area contributed by atoms with E-state index < -0.39 is 114 Å². The predicted octanol–water partition coefficient (Wildman–Crippen LogP) is 0.707. The minimum atomic E-state index is -5.49. The molecular weight excluding hydrogens is 1080 g/mol. The van der Waals surface area contributed by atoms with Gasteiger partial charge in [-0.15, -0.1) is 0 Å². The second kappa shape index (κ2) is 24.2. The molecule has 416 valence electrons. The summed E-state index contributed by atoms with van der Waals surface area (Å²) < 4.78 is 78.3. The van der Waals surface area contributed by atoms with Crippen LogP contribution in [0.1, 0.15) is 22.9 Å². The van der Waals surface area contributed by atoms with Crippen LogP contribution in [0.25, 0.3) is 11.2 Å². The Labute approximate surface area is 441 Å². The summed E-state index contributed by atoms with van der Waals surface area (Å²) in [5.41, 5.74) is 13.6. The number of benzene rings is 2. The lowest BCUT2D eigenvalue weighted by atomic mass is 9.94. The third-order valence-electron chi connectivity index (χ3n) is 12.2. The summed E-state index contributed by atoms with van der Waals surface area (Å²) in [6.07, 6.45) is -9.31. The van der Waals surface area contributed by atoms with Crippen LogP contribution in [0.3, 0.4) is 0 Å². The number of carbonyl (C=O) groups is 4. The molecule has 0 saturated carbocycles. The van der Waals surface area contributed by atoms with E-state index in [1.165, 1.54) is 53.5 Å². The number of alkyl carbamates (subject to hydrolysis) is 1. The zero-order valence-electron chi connectivity index (χ0n) is 41.1. The number of pyridine rings is 1. The summed E-state index contributed by atoms with van der Waals surface area (Å²) in [5.74, 6) is -3.86. The van der Waals surface area contributed by atoms with E-state index in [2.05, 4.69) is 40.1 Å². The van der Waals surface area contributed by atoms with Gasteiger partial charge in [0.25, 0.3) is 5.91 Å². The van der Waals surface area contributed by atoms with E-state index in [0.29, 0.717) is 28.2 Å². The molecule has 2 aromatic carbocycles. The number of phosphoric ester groups is 2. The Morgan fingerprint density at radius 2 is 1.56 bits per heavy atom. The maximum Gasteiger partial charge on any atom is 0.472 e. The molecule has 3 unspecified atom stereocenters. The smallest absolute Gasteiger partial charge is 0.455 e. The molecule has 11 atom stereocenters. The van der Waals surface area contributed by atoms with E-state index >= 15 is 0 Å². The van der Waals surface area contributed by atoms with Crippen molar-refractivity contribution >= 4 is 73.8 Å². The van der Waals surface area contributed by atoms with Crippen LogP contribution in [0.4, 0.5) is 26.5 Å². The summed E-state index contributed by atoms with van der Waals surface area (Å²) in [4.78, 5) is 105. The number of aliphatic imine (C=N–C) groups is 1. The van der Waals surface area contributed by atoms with Crippen molar-refractivity contribution in [3.63, 3.8) is 0 Å². The number of aliphatic hydroxyl groups is 2. The van der Waals surface area contributed by atoms with Gasteiger partial charge in [-0.1, -0.05) is 36.4 Å². The van der Waals surface area contributed by atoms with Crippen molar-refractivity contribution in [2.45, 2.75) is 74.4 Å². The number of halogens is 1.